The van der Waals surface area contributed by atoms with Crippen molar-refractivity contribution in [1.29, 1.82) is 0 Å². The van der Waals surface area contributed by atoms with Crippen molar-refractivity contribution in [2.45, 2.75) is 29.3 Å². The second-order valence-electron chi connectivity index (χ2n) is 6.60. The Morgan fingerprint density at radius 3 is 2.59 bits per heavy atom. The first-order chi connectivity index (χ1) is 13.5. The van der Waals surface area contributed by atoms with Crippen LogP contribution in [0.15, 0.2) is 47.5 Å². The van der Waals surface area contributed by atoms with E-state index in [1.807, 2.05) is 0 Å². The number of ether oxygens (including phenoxy) is 1. The molecule has 0 aliphatic heterocycles. The predicted molar refractivity (Wildman–Crippen MR) is 98.4 cm³/mol. The van der Waals surface area contributed by atoms with Crippen LogP contribution in [0.4, 0.5) is 13.2 Å². The van der Waals surface area contributed by atoms with Gasteiger partial charge in [-0.05, 0) is 49.1 Å². The van der Waals surface area contributed by atoms with Crippen LogP contribution in [-0.4, -0.2) is 37.5 Å². The lowest BCUT2D eigenvalue weighted by Gasteiger charge is -2.34. The van der Waals surface area contributed by atoms with Gasteiger partial charge in [0, 0.05) is 12.7 Å². The van der Waals surface area contributed by atoms with Gasteiger partial charge in [0.2, 0.25) is 0 Å². The number of benzene rings is 1. The molecule has 1 aromatic carbocycles. The maximum absolute atomic E-state index is 12.6. The Hall–Kier alpha value is -2.33. The smallest absolute Gasteiger partial charge is 0.406 e. The summed E-state index contributed by atoms with van der Waals surface area (Å²) < 4.78 is 66.0. The van der Waals surface area contributed by atoms with Gasteiger partial charge in [-0.1, -0.05) is 17.7 Å². The molecule has 0 spiro atoms. The maximum Gasteiger partial charge on any atom is 0.573 e. The highest BCUT2D eigenvalue weighted by molar-refractivity contribution is 7.92. The van der Waals surface area contributed by atoms with Crippen LogP contribution in [0.25, 0.3) is 0 Å². The van der Waals surface area contributed by atoms with Crippen LogP contribution in [0.3, 0.4) is 0 Å². The number of pyridine rings is 1. The highest BCUT2D eigenvalue weighted by atomic mass is 35.5. The summed E-state index contributed by atoms with van der Waals surface area (Å²) in [4.78, 5) is 15.7. The number of aromatic nitrogens is 1. The highest BCUT2D eigenvalue weighted by Crippen LogP contribution is 2.37. The zero-order valence-corrected chi connectivity index (χ0v) is 16.4. The lowest BCUT2D eigenvalue weighted by Crippen LogP contribution is -2.42. The van der Waals surface area contributed by atoms with Crippen molar-refractivity contribution < 1.29 is 31.1 Å². The molecule has 1 aromatic heterocycles. The van der Waals surface area contributed by atoms with Gasteiger partial charge >= 0.3 is 6.36 Å². The van der Waals surface area contributed by atoms with Gasteiger partial charge in [0.25, 0.3) is 5.91 Å². The van der Waals surface area contributed by atoms with Gasteiger partial charge in [-0.15, -0.1) is 13.2 Å². The molecule has 1 fully saturated rings. The van der Waals surface area contributed by atoms with Crippen LogP contribution in [-0.2, 0) is 9.84 Å². The van der Waals surface area contributed by atoms with E-state index in [0.717, 1.165) is 12.1 Å². The third-order valence-electron chi connectivity index (χ3n) is 4.51. The number of sulfone groups is 1. The number of hydrogen-bond acceptors (Lipinski definition) is 5. The minimum atomic E-state index is -4.90. The molecule has 11 heteroatoms. The Labute approximate surface area is 170 Å². The van der Waals surface area contributed by atoms with Crippen molar-refractivity contribution in [3.8, 4) is 5.75 Å². The number of carbonyl (C=O) groups excluding carboxylic acids is 1. The number of hydrogen-bond donors (Lipinski definition) is 1. The molecule has 6 nitrogen and oxygen atoms in total. The largest absolute Gasteiger partial charge is 0.573 e. The Morgan fingerprint density at radius 1 is 1.24 bits per heavy atom. The van der Waals surface area contributed by atoms with Crippen LogP contribution in [0, 0.1) is 5.92 Å². The average Bonchev–Trinajstić information content (AvgIpc) is 2.59. The number of carbonyl (C=O) groups is 1. The van der Waals surface area contributed by atoms with Crippen LogP contribution < -0.4 is 10.1 Å². The topological polar surface area (TPSA) is 85.4 Å². The van der Waals surface area contributed by atoms with Gasteiger partial charge in [-0.3, -0.25) is 4.79 Å². The summed E-state index contributed by atoms with van der Waals surface area (Å²) >= 11 is 5.71. The molecule has 2 aromatic rings. The summed E-state index contributed by atoms with van der Waals surface area (Å²) in [6.07, 6.45) is -2.97. The van der Waals surface area contributed by atoms with Crippen LogP contribution >= 0.6 is 11.6 Å². The molecule has 1 saturated carbocycles. The van der Waals surface area contributed by atoms with E-state index >= 15 is 0 Å². The van der Waals surface area contributed by atoms with Crippen molar-refractivity contribution in [3.05, 3.63) is 53.3 Å². The molecule has 0 radical (unpaired) electrons. The molecule has 1 amide bonds. The van der Waals surface area contributed by atoms with E-state index in [4.69, 9.17) is 11.6 Å². The molecule has 1 aliphatic rings. The fraction of sp³-hybridized carbons (Fsp3) is 0.333. The molecular formula is C18H16ClF3N2O4S. The maximum atomic E-state index is 12.6. The Morgan fingerprint density at radius 2 is 1.97 bits per heavy atom. The number of alkyl halides is 3. The minimum Gasteiger partial charge on any atom is -0.406 e. The van der Waals surface area contributed by atoms with E-state index in [9.17, 15) is 26.4 Å². The minimum absolute atomic E-state index is 0.0550. The van der Waals surface area contributed by atoms with Gasteiger partial charge in [0.15, 0.2) is 9.84 Å². The van der Waals surface area contributed by atoms with Crippen molar-refractivity contribution in [1.82, 2.24) is 10.3 Å². The standard InChI is InChI=1S/C18H16ClF3N2O4S/c19-12-4-5-16(23-10-12)17(25)24-9-11-6-15(7-11)29(26,27)14-3-1-2-13(8-14)28-18(20,21)22/h1-5,8,10-11,15H,6-7,9H2,(H,24,25)/t11-,15-. The molecule has 0 atom stereocenters. The van der Waals surface area contributed by atoms with E-state index in [0.29, 0.717) is 17.9 Å². The van der Waals surface area contributed by atoms with Gasteiger partial charge in [-0.2, -0.15) is 0 Å². The number of nitrogens with one attached hydrogen (secondary N) is 1. The fourth-order valence-corrected chi connectivity index (χ4v) is 5.07. The van der Waals surface area contributed by atoms with E-state index < -0.39 is 33.1 Å². The number of nitrogens with zero attached hydrogens (tertiary/aromatic N) is 1. The second kappa shape index (κ2) is 8.19. The van der Waals surface area contributed by atoms with Crippen molar-refractivity contribution in [2.75, 3.05) is 6.54 Å². The monoisotopic (exact) mass is 448 g/mol. The van der Waals surface area contributed by atoms with Gasteiger partial charge in [0.05, 0.1) is 15.2 Å². The van der Waals surface area contributed by atoms with Crippen LogP contribution in [0.1, 0.15) is 23.3 Å². The summed E-state index contributed by atoms with van der Waals surface area (Å²) in [5.41, 5.74) is 0.194. The predicted octanol–water partition coefficient (Wildman–Crippen LogP) is 3.62. The molecule has 0 unspecified atom stereocenters. The number of rotatable bonds is 6. The molecule has 156 valence electrons. The number of amides is 1. The van der Waals surface area contributed by atoms with Crippen LogP contribution in [0.2, 0.25) is 5.02 Å². The van der Waals surface area contributed by atoms with E-state index in [1.165, 1.54) is 30.5 Å². The molecule has 1 N–H and O–H groups in total. The third-order valence-corrected chi connectivity index (χ3v) is 6.91. The summed E-state index contributed by atoms with van der Waals surface area (Å²) in [6, 6.07) is 7.34. The molecular weight excluding hydrogens is 433 g/mol. The summed E-state index contributed by atoms with van der Waals surface area (Å²) in [5, 5.41) is 2.36. The number of halogens is 4. The Kier molecular flexibility index (Phi) is 6.04. The molecule has 0 saturated heterocycles. The second-order valence-corrected chi connectivity index (χ2v) is 9.26. The first-order valence-electron chi connectivity index (χ1n) is 8.54. The van der Waals surface area contributed by atoms with E-state index in [2.05, 4.69) is 15.0 Å². The molecule has 1 aliphatic carbocycles. The zero-order valence-electron chi connectivity index (χ0n) is 14.8. The molecule has 3 rings (SSSR count). The Balaban J connectivity index is 1.55. The van der Waals surface area contributed by atoms with Crippen molar-refractivity contribution in [2.24, 2.45) is 5.92 Å². The van der Waals surface area contributed by atoms with Gasteiger partial charge in [0.1, 0.15) is 11.4 Å². The van der Waals surface area contributed by atoms with Crippen LogP contribution in [0.5, 0.6) is 5.75 Å². The summed E-state index contributed by atoms with van der Waals surface area (Å²) in [5.74, 6) is -1.04. The Bertz CT molecular complexity index is 991. The molecule has 0 bridgehead atoms. The third kappa shape index (κ3) is 5.39. The first-order valence-corrected chi connectivity index (χ1v) is 10.5. The average molecular weight is 449 g/mol. The quantitative estimate of drug-likeness (QED) is 0.729. The van der Waals surface area contributed by atoms with E-state index in [1.54, 1.807) is 0 Å². The summed E-state index contributed by atoms with van der Waals surface area (Å²) in [7, 11) is -3.80. The van der Waals surface area contributed by atoms with Gasteiger partial charge < -0.3 is 10.1 Å². The SMILES string of the molecule is O=C(NC[C@H]1C[C@H](S(=O)(=O)c2cccc(OC(F)(F)F)c2)C1)c1ccc(Cl)cn1. The van der Waals surface area contributed by atoms with Crippen molar-refractivity contribution in [3.63, 3.8) is 0 Å². The molecule has 1 heterocycles. The fourth-order valence-electron chi connectivity index (χ4n) is 2.97. The lowest BCUT2D eigenvalue weighted by molar-refractivity contribution is -0.274. The zero-order chi connectivity index (χ0) is 21.2. The lowest BCUT2D eigenvalue weighted by atomic mass is 9.85. The van der Waals surface area contributed by atoms with Gasteiger partial charge in [-0.25, -0.2) is 13.4 Å². The highest BCUT2D eigenvalue weighted by Gasteiger charge is 2.40. The molecule has 29 heavy (non-hydrogen) atoms. The first kappa shape index (κ1) is 21.4. The summed E-state index contributed by atoms with van der Waals surface area (Å²) in [6.45, 7) is 0.270. The normalized spacial score (nSPS) is 19.3. The van der Waals surface area contributed by atoms with E-state index in [-0.39, 0.29) is 23.1 Å². The van der Waals surface area contributed by atoms with Crippen molar-refractivity contribution >= 4 is 27.3 Å².